The van der Waals surface area contributed by atoms with Gasteiger partial charge in [-0.1, -0.05) is 43.1 Å². The zero-order chi connectivity index (χ0) is 12.6. The number of aliphatic hydroxyl groups excluding tert-OH is 1. The molecule has 1 saturated carbocycles. The minimum atomic E-state index is -0.183. The second-order valence-corrected chi connectivity index (χ2v) is 5.73. The zero-order valence-corrected chi connectivity index (χ0v) is 11.7. The highest BCUT2D eigenvalue weighted by molar-refractivity contribution is 6.42. The van der Waals surface area contributed by atoms with Gasteiger partial charge in [-0.05, 0) is 42.9 Å². The second kappa shape index (κ2) is 4.79. The summed E-state index contributed by atoms with van der Waals surface area (Å²) in [7, 11) is 0. The molecule has 0 aromatic heterocycles. The Morgan fingerprint density at radius 1 is 1.24 bits per heavy atom. The van der Waals surface area contributed by atoms with Crippen LogP contribution in [0.1, 0.15) is 44.6 Å². The third-order valence-electron chi connectivity index (χ3n) is 4.48. The Labute approximate surface area is 113 Å². The first-order valence-corrected chi connectivity index (χ1v) is 6.93. The summed E-state index contributed by atoms with van der Waals surface area (Å²) in [5.41, 5.74) is 1.23. The minimum Gasteiger partial charge on any atom is -0.393 e. The van der Waals surface area contributed by atoms with Crippen molar-refractivity contribution in [3.8, 4) is 0 Å². The summed E-state index contributed by atoms with van der Waals surface area (Å²) in [6.45, 7) is 4.30. The van der Waals surface area contributed by atoms with Crippen molar-refractivity contribution in [2.75, 3.05) is 0 Å². The van der Waals surface area contributed by atoms with Crippen LogP contribution in [0, 0.1) is 5.41 Å². The molecule has 1 fully saturated rings. The fourth-order valence-electron chi connectivity index (χ4n) is 3.18. The molecule has 1 aliphatic rings. The third-order valence-corrected chi connectivity index (χ3v) is 5.22. The number of halogens is 2. The largest absolute Gasteiger partial charge is 0.393 e. The Bertz CT molecular complexity index is 413. The highest BCUT2D eigenvalue weighted by atomic mass is 35.5. The van der Waals surface area contributed by atoms with E-state index >= 15 is 0 Å². The Balaban J connectivity index is 2.32. The van der Waals surface area contributed by atoms with Gasteiger partial charge in [0.25, 0.3) is 0 Å². The van der Waals surface area contributed by atoms with Crippen LogP contribution < -0.4 is 0 Å². The number of benzene rings is 1. The fraction of sp³-hybridized carbons (Fsp3) is 0.571. The quantitative estimate of drug-likeness (QED) is 0.850. The van der Waals surface area contributed by atoms with Crippen molar-refractivity contribution in [1.29, 1.82) is 0 Å². The minimum absolute atomic E-state index is 0.0250. The molecule has 3 heteroatoms. The van der Waals surface area contributed by atoms with E-state index in [2.05, 4.69) is 13.8 Å². The average Bonchev–Trinajstić information content (AvgIpc) is 2.32. The lowest BCUT2D eigenvalue weighted by molar-refractivity contribution is -0.0931. The summed E-state index contributed by atoms with van der Waals surface area (Å²) in [6, 6.07) is 5.82. The molecule has 1 aromatic carbocycles. The summed E-state index contributed by atoms with van der Waals surface area (Å²) in [5.74, 6) is 0.405. The van der Waals surface area contributed by atoms with Crippen molar-refractivity contribution in [1.82, 2.24) is 0 Å². The van der Waals surface area contributed by atoms with E-state index in [-0.39, 0.29) is 11.5 Å². The fourth-order valence-corrected chi connectivity index (χ4v) is 3.48. The number of aliphatic hydroxyl groups is 1. The highest BCUT2D eigenvalue weighted by Crippen LogP contribution is 2.57. The van der Waals surface area contributed by atoms with Crippen LogP contribution in [0.15, 0.2) is 18.2 Å². The van der Waals surface area contributed by atoms with Crippen LogP contribution >= 0.6 is 23.2 Å². The molecule has 0 radical (unpaired) electrons. The molecule has 2 unspecified atom stereocenters. The van der Waals surface area contributed by atoms with E-state index in [1.807, 2.05) is 18.2 Å². The van der Waals surface area contributed by atoms with E-state index in [0.717, 1.165) is 19.3 Å². The average molecular weight is 273 g/mol. The van der Waals surface area contributed by atoms with Gasteiger partial charge in [0, 0.05) is 5.41 Å². The smallest absolute Gasteiger partial charge is 0.0608 e. The van der Waals surface area contributed by atoms with Crippen molar-refractivity contribution in [2.45, 2.75) is 45.1 Å². The molecule has 1 aromatic rings. The first-order valence-electron chi connectivity index (χ1n) is 6.18. The number of rotatable bonds is 3. The van der Waals surface area contributed by atoms with Gasteiger partial charge in [0.05, 0.1) is 16.1 Å². The molecule has 17 heavy (non-hydrogen) atoms. The van der Waals surface area contributed by atoms with Gasteiger partial charge in [-0.3, -0.25) is 0 Å². The summed E-state index contributed by atoms with van der Waals surface area (Å²) >= 11 is 12.0. The molecule has 1 aliphatic carbocycles. The molecule has 94 valence electrons. The lowest BCUT2D eigenvalue weighted by atomic mass is 9.53. The van der Waals surface area contributed by atoms with Gasteiger partial charge in [-0.25, -0.2) is 0 Å². The first-order chi connectivity index (χ1) is 8.05. The molecule has 0 saturated heterocycles. The SMILES string of the molecule is CCC1(CC)C(O)CC1c1ccc(Cl)c(Cl)c1. The monoisotopic (exact) mass is 272 g/mol. The summed E-state index contributed by atoms with van der Waals surface area (Å²) in [4.78, 5) is 0. The van der Waals surface area contributed by atoms with E-state index in [0.29, 0.717) is 16.0 Å². The van der Waals surface area contributed by atoms with Crippen LogP contribution in [0.3, 0.4) is 0 Å². The lowest BCUT2D eigenvalue weighted by Gasteiger charge is -2.54. The molecule has 2 atom stereocenters. The standard InChI is InChI=1S/C14H18Cl2O/c1-3-14(4-2)10(8-13(14)17)9-5-6-11(15)12(16)7-9/h5-7,10,13,17H,3-4,8H2,1-2H3. The van der Waals surface area contributed by atoms with Crippen LogP contribution in [0.2, 0.25) is 10.0 Å². The molecule has 0 heterocycles. The first kappa shape index (κ1) is 13.2. The topological polar surface area (TPSA) is 20.2 Å². The van der Waals surface area contributed by atoms with Gasteiger partial charge in [-0.15, -0.1) is 0 Å². The highest BCUT2D eigenvalue weighted by Gasteiger charge is 2.52. The third kappa shape index (κ3) is 1.99. The van der Waals surface area contributed by atoms with Crippen LogP contribution in [-0.4, -0.2) is 11.2 Å². The van der Waals surface area contributed by atoms with Gasteiger partial charge >= 0.3 is 0 Å². The Kier molecular flexibility index (Phi) is 3.72. The van der Waals surface area contributed by atoms with Crippen LogP contribution in [0.5, 0.6) is 0 Å². The lowest BCUT2D eigenvalue weighted by Crippen LogP contribution is -2.50. The predicted octanol–water partition coefficient (Wildman–Crippen LogP) is 4.65. The van der Waals surface area contributed by atoms with E-state index < -0.39 is 0 Å². The molecular formula is C14H18Cl2O. The molecular weight excluding hydrogens is 255 g/mol. The maximum absolute atomic E-state index is 10.1. The maximum Gasteiger partial charge on any atom is 0.0608 e. The van der Waals surface area contributed by atoms with Crippen LogP contribution in [-0.2, 0) is 0 Å². The molecule has 2 rings (SSSR count). The normalized spacial score (nSPS) is 26.6. The van der Waals surface area contributed by atoms with Crippen molar-refractivity contribution in [3.05, 3.63) is 33.8 Å². The van der Waals surface area contributed by atoms with Crippen LogP contribution in [0.4, 0.5) is 0 Å². The summed E-state index contributed by atoms with van der Waals surface area (Å²) in [6.07, 6.45) is 2.64. The predicted molar refractivity (Wildman–Crippen MR) is 72.8 cm³/mol. The molecule has 0 amide bonds. The zero-order valence-electron chi connectivity index (χ0n) is 10.2. The van der Waals surface area contributed by atoms with Gasteiger partial charge in [0.1, 0.15) is 0 Å². The Hall–Kier alpha value is -0.240. The molecule has 1 N–H and O–H groups in total. The number of hydrogen-bond acceptors (Lipinski definition) is 1. The van der Waals surface area contributed by atoms with Gasteiger partial charge < -0.3 is 5.11 Å². The molecule has 0 spiro atoms. The number of hydrogen-bond donors (Lipinski definition) is 1. The molecule has 0 bridgehead atoms. The van der Waals surface area contributed by atoms with Crippen LogP contribution in [0.25, 0.3) is 0 Å². The summed E-state index contributed by atoms with van der Waals surface area (Å²) < 4.78 is 0. The molecule has 0 aliphatic heterocycles. The second-order valence-electron chi connectivity index (χ2n) is 4.92. The van der Waals surface area contributed by atoms with Crippen molar-refractivity contribution < 1.29 is 5.11 Å². The molecule has 1 nitrogen and oxygen atoms in total. The van der Waals surface area contributed by atoms with E-state index in [1.54, 1.807) is 0 Å². The van der Waals surface area contributed by atoms with E-state index in [1.165, 1.54) is 5.56 Å². The Morgan fingerprint density at radius 3 is 2.35 bits per heavy atom. The van der Waals surface area contributed by atoms with E-state index in [9.17, 15) is 5.11 Å². The van der Waals surface area contributed by atoms with Gasteiger partial charge in [-0.2, -0.15) is 0 Å². The summed E-state index contributed by atoms with van der Waals surface area (Å²) in [5, 5.41) is 11.2. The van der Waals surface area contributed by atoms with E-state index in [4.69, 9.17) is 23.2 Å². The van der Waals surface area contributed by atoms with Crippen molar-refractivity contribution >= 4 is 23.2 Å². The maximum atomic E-state index is 10.1. The van der Waals surface area contributed by atoms with Gasteiger partial charge in [0.2, 0.25) is 0 Å². The van der Waals surface area contributed by atoms with Crippen molar-refractivity contribution in [2.24, 2.45) is 5.41 Å². The van der Waals surface area contributed by atoms with Crippen molar-refractivity contribution in [3.63, 3.8) is 0 Å². The Morgan fingerprint density at radius 2 is 1.88 bits per heavy atom. The van der Waals surface area contributed by atoms with Gasteiger partial charge in [0.15, 0.2) is 0 Å².